The molecule has 0 bridgehead atoms. The van der Waals surface area contributed by atoms with E-state index in [2.05, 4.69) is 16.0 Å². The molecule has 3 aliphatic heterocycles. The fourth-order valence-corrected chi connectivity index (χ4v) is 6.74. The number of nitrogens with zero attached hydrogens (tertiary/aromatic N) is 5. The zero-order chi connectivity index (χ0) is 20.9. The zero-order valence-electron chi connectivity index (χ0n) is 17.5. The van der Waals surface area contributed by atoms with Crippen LogP contribution in [0.15, 0.2) is 24.5 Å². The lowest BCUT2D eigenvalue weighted by Crippen LogP contribution is -2.54. The Morgan fingerprint density at radius 3 is 2.41 bits per heavy atom. The molecule has 0 aromatic carbocycles. The third-order valence-corrected chi connectivity index (χ3v) is 9.20. The van der Waals surface area contributed by atoms with Crippen LogP contribution >= 0.6 is 0 Å². The van der Waals surface area contributed by atoms with Crippen LogP contribution < -0.4 is 0 Å². The van der Waals surface area contributed by atoms with Crippen LogP contribution in [0.2, 0.25) is 0 Å². The maximum Gasteiger partial charge on any atom is 0.281 e. The lowest BCUT2D eigenvalue weighted by Gasteiger charge is -2.46. The summed E-state index contributed by atoms with van der Waals surface area (Å²) < 4.78 is 28.0. The van der Waals surface area contributed by atoms with E-state index in [1.54, 1.807) is 24.6 Å². The molecule has 0 N–H and O–H groups in total. The van der Waals surface area contributed by atoms with Crippen molar-refractivity contribution in [3.63, 3.8) is 0 Å². The largest absolute Gasteiger partial charge is 0.345 e. The summed E-state index contributed by atoms with van der Waals surface area (Å²) in [5.74, 6) is 0.232. The maximum absolute atomic E-state index is 13.3. The molecule has 2 spiro atoms. The Labute approximate surface area is 173 Å². The van der Waals surface area contributed by atoms with Crippen molar-refractivity contribution in [1.82, 2.24) is 23.4 Å². The van der Waals surface area contributed by atoms with Gasteiger partial charge in [0.1, 0.15) is 0 Å². The molecule has 1 unspecified atom stereocenters. The highest BCUT2D eigenvalue weighted by Crippen LogP contribution is 2.58. The Kier molecular flexibility index (Phi) is 5.21. The average molecular weight is 422 g/mol. The molecule has 1 atom stereocenters. The minimum Gasteiger partial charge on any atom is -0.345 e. The van der Waals surface area contributed by atoms with E-state index in [1.165, 1.54) is 4.31 Å². The minimum atomic E-state index is -3.42. The summed E-state index contributed by atoms with van der Waals surface area (Å²) in [5.41, 5.74) is 0.568. The summed E-state index contributed by atoms with van der Waals surface area (Å²) in [6, 6.07) is 4.01. The molecule has 8 nitrogen and oxygen atoms in total. The van der Waals surface area contributed by atoms with Gasteiger partial charge in [-0.1, -0.05) is 6.07 Å². The molecule has 1 aromatic heterocycles. The van der Waals surface area contributed by atoms with E-state index >= 15 is 0 Å². The molecule has 0 radical (unpaired) electrons. The third-order valence-electron chi connectivity index (χ3n) is 7.26. The number of likely N-dealkylation sites (tertiary alicyclic amines) is 2. The van der Waals surface area contributed by atoms with E-state index in [-0.39, 0.29) is 11.3 Å². The first-order valence-electron chi connectivity index (χ1n) is 10.2. The van der Waals surface area contributed by atoms with Gasteiger partial charge in [-0.3, -0.25) is 14.7 Å². The van der Waals surface area contributed by atoms with Gasteiger partial charge in [-0.2, -0.15) is 17.0 Å². The average Bonchev–Trinajstić information content (AvgIpc) is 3.15. The van der Waals surface area contributed by atoms with Crippen LogP contribution in [0.25, 0.3) is 0 Å². The second-order valence-electron chi connectivity index (χ2n) is 9.03. The van der Waals surface area contributed by atoms with E-state index < -0.39 is 15.6 Å². The van der Waals surface area contributed by atoms with Gasteiger partial charge < -0.3 is 4.90 Å². The highest BCUT2D eigenvalue weighted by atomic mass is 32.2. The molecule has 3 fully saturated rings. The molecule has 9 heteroatoms. The summed E-state index contributed by atoms with van der Waals surface area (Å²) in [6.07, 6.45) is 5.96. The molecule has 160 valence electrons. The van der Waals surface area contributed by atoms with Crippen molar-refractivity contribution in [3.05, 3.63) is 30.1 Å². The van der Waals surface area contributed by atoms with E-state index in [4.69, 9.17) is 0 Å². The number of fused-ring (bicyclic) bond motifs is 1. The predicted octanol–water partition coefficient (Wildman–Crippen LogP) is 0.634. The van der Waals surface area contributed by atoms with Crippen LogP contribution in [0, 0.1) is 10.8 Å². The lowest BCUT2D eigenvalue weighted by atomic mass is 9.60. The van der Waals surface area contributed by atoms with Gasteiger partial charge in [0, 0.05) is 78.2 Å². The smallest absolute Gasteiger partial charge is 0.281 e. The van der Waals surface area contributed by atoms with E-state index in [1.807, 2.05) is 24.2 Å². The van der Waals surface area contributed by atoms with E-state index in [0.29, 0.717) is 13.1 Å². The number of hydrogen-bond acceptors (Lipinski definition) is 5. The Bertz CT molecular complexity index is 867. The lowest BCUT2D eigenvalue weighted by molar-refractivity contribution is -0.140. The standard InChI is InChI=1S/C20H31N5O3S/c1-22(2)29(27,28)25-11-6-19(7-12-25)15-24(14-17-5-4-9-21-13-17)16-20(19)8-10-23(3)18(20)26/h4-5,9,13H,6-8,10-12,14-16H2,1-3H3. The number of carbonyl (C=O) groups is 1. The first-order chi connectivity index (χ1) is 13.7. The van der Waals surface area contributed by atoms with Crippen molar-refractivity contribution < 1.29 is 13.2 Å². The monoisotopic (exact) mass is 421 g/mol. The van der Waals surface area contributed by atoms with Crippen molar-refractivity contribution in [1.29, 1.82) is 0 Å². The number of amides is 1. The van der Waals surface area contributed by atoms with Crippen molar-refractivity contribution in [3.8, 4) is 0 Å². The van der Waals surface area contributed by atoms with Gasteiger partial charge in [-0.15, -0.1) is 0 Å². The topological polar surface area (TPSA) is 77.1 Å². The summed E-state index contributed by atoms with van der Waals surface area (Å²) in [4.78, 5) is 21.8. The highest BCUT2D eigenvalue weighted by molar-refractivity contribution is 7.86. The van der Waals surface area contributed by atoms with E-state index in [0.717, 1.165) is 51.0 Å². The number of aromatic nitrogens is 1. The Hall–Kier alpha value is -1.55. The van der Waals surface area contributed by atoms with Crippen molar-refractivity contribution in [2.45, 2.75) is 25.8 Å². The Morgan fingerprint density at radius 2 is 1.86 bits per heavy atom. The summed E-state index contributed by atoms with van der Waals surface area (Å²) in [6.45, 7) is 4.07. The van der Waals surface area contributed by atoms with Crippen molar-refractivity contribution in [2.24, 2.45) is 10.8 Å². The van der Waals surface area contributed by atoms with Crippen molar-refractivity contribution in [2.75, 3.05) is 53.9 Å². The quantitative estimate of drug-likeness (QED) is 0.713. The molecular formula is C20H31N5O3S. The molecular weight excluding hydrogens is 390 g/mol. The van der Waals surface area contributed by atoms with Gasteiger partial charge >= 0.3 is 0 Å². The molecule has 29 heavy (non-hydrogen) atoms. The van der Waals surface area contributed by atoms with Gasteiger partial charge in [0.15, 0.2) is 0 Å². The second kappa shape index (κ2) is 7.30. The van der Waals surface area contributed by atoms with Gasteiger partial charge in [-0.25, -0.2) is 0 Å². The van der Waals surface area contributed by atoms with Crippen LogP contribution in [-0.4, -0.2) is 91.6 Å². The van der Waals surface area contributed by atoms with Gasteiger partial charge in [-0.05, 0) is 30.9 Å². The van der Waals surface area contributed by atoms with Crippen LogP contribution in [0.5, 0.6) is 0 Å². The first-order valence-corrected chi connectivity index (χ1v) is 11.6. The predicted molar refractivity (Wildman–Crippen MR) is 110 cm³/mol. The summed E-state index contributed by atoms with van der Waals surface area (Å²) in [7, 11) is 1.61. The Morgan fingerprint density at radius 1 is 1.14 bits per heavy atom. The number of piperidine rings is 1. The molecule has 0 aliphatic carbocycles. The first kappa shape index (κ1) is 20.7. The van der Waals surface area contributed by atoms with E-state index in [9.17, 15) is 13.2 Å². The minimum absolute atomic E-state index is 0.171. The normalized spacial score (nSPS) is 28.3. The molecule has 4 heterocycles. The third kappa shape index (κ3) is 3.28. The Balaban J connectivity index is 1.59. The molecule has 0 saturated carbocycles. The molecule has 1 amide bonds. The summed E-state index contributed by atoms with van der Waals surface area (Å²) in [5, 5.41) is 0. The number of hydrogen-bond donors (Lipinski definition) is 0. The second-order valence-corrected chi connectivity index (χ2v) is 11.2. The van der Waals surface area contributed by atoms with Gasteiger partial charge in [0.05, 0.1) is 5.41 Å². The number of carbonyl (C=O) groups excluding carboxylic acids is 1. The molecule has 1 aromatic rings. The number of pyridine rings is 1. The summed E-state index contributed by atoms with van der Waals surface area (Å²) >= 11 is 0. The van der Waals surface area contributed by atoms with Gasteiger partial charge in [0.2, 0.25) is 5.91 Å². The van der Waals surface area contributed by atoms with Crippen LogP contribution in [-0.2, 0) is 21.5 Å². The number of rotatable bonds is 4. The molecule has 4 rings (SSSR count). The molecule has 3 saturated heterocycles. The van der Waals surface area contributed by atoms with Crippen LogP contribution in [0.4, 0.5) is 0 Å². The fourth-order valence-electron chi connectivity index (χ4n) is 5.63. The highest BCUT2D eigenvalue weighted by Gasteiger charge is 2.64. The molecule has 3 aliphatic rings. The zero-order valence-corrected chi connectivity index (χ0v) is 18.4. The van der Waals surface area contributed by atoms with Crippen LogP contribution in [0.1, 0.15) is 24.8 Å². The fraction of sp³-hybridized carbons (Fsp3) is 0.700. The van der Waals surface area contributed by atoms with Gasteiger partial charge in [0.25, 0.3) is 10.2 Å². The SMILES string of the molecule is CN1CCC2(CN(Cc3cccnc3)CC23CCN(S(=O)(=O)N(C)C)CC3)C1=O. The van der Waals surface area contributed by atoms with Crippen molar-refractivity contribution >= 4 is 16.1 Å². The van der Waals surface area contributed by atoms with Crippen LogP contribution in [0.3, 0.4) is 0 Å². The maximum atomic E-state index is 13.3.